The average molecular weight is 248 g/mol. The minimum Gasteiger partial charge on any atom is -0.305 e. The van der Waals surface area contributed by atoms with Crippen LogP contribution in [-0.2, 0) is 6.42 Å². The lowest BCUT2D eigenvalue weighted by molar-refractivity contribution is 0.213. The molecule has 0 spiro atoms. The summed E-state index contributed by atoms with van der Waals surface area (Å²) < 4.78 is 14.0. The SMILES string of the molecule is CN(C)C1CCN(C2CCc3cccc(F)c32)C1. The van der Waals surface area contributed by atoms with Crippen LogP contribution in [0.1, 0.15) is 30.0 Å². The van der Waals surface area contributed by atoms with Crippen molar-refractivity contribution in [2.75, 3.05) is 27.2 Å². The number of hydrogen-bond donors (Lipinski definition) is 0. The van der Waals surface area contributed by atoms with Gasteiger partial charge in [-0.25, -0.2) is 4.39 Å². The van der Waals surface area contributed by atoms with E-state index in [1.807, 2.05) is 6.07 Å². The van der Waals surface area contributed by atoms with Crippen molar-refractivity contribution in [3.63, 3.8) is 0 Å². The van der Waals surface area contributed by atoms with Crippen molar-refractivity contribution in [2.45, 2.75) is 31.3 Å². The number of benzene rings is 1. The molecule has 18 heavy (non-hydrogen) atoms. The van der Waals surface area contributed by atoms with Gasteiger partial charge in [0.25, 0.3) is 0 Å². The Morgan fingerprint density at radius 2 is 2.11 bits per heavy atom. The van der Waals surface area contributed by atoms with Crippen LogP contribution >= 0.6 is 0 Å². The van der Waals surface area contributed by atoms with Crippen LogP contribution in [0.5, 0.6) is 0 Å². The van der Waals surface area contributed by atoms with Crippen molar-refractivity contribution in [1.82, 2.24) is 9.80 Å². The number of likely N-dealkylation sites (N-methyl/N-ethyl adjacent to an activating group) is 1. The topological polar surface area (TPSA) is 6.48 Å². The molecule has 1 aromatic carbocycles. The van der Waals surface area contributed by atoms with Gasteiger partial charge >= 0.3 is 0 Å². The van der Waals surface area contributed by atoms with Gasteiger partial charge in [-0.15, -0.1) is 0 Å². The lowest BCUT2D eigenvalue weighted by atomic mass is 10.1. The minimum absolute atomic E-state index is 0.0108. The second-order valence-electron chi connectivity index (χ2n) is 5.77. The molecule has 1 aliphatic carbocycles. The van der Waals surface area contributed by atoms with Gasteiger partial charge in [0, 0.05) is 30.7 Å². The summed E-state index contributed by atoms with van der Waals surface area (Å²) in [6.07, 6.45) is 3.31. The van der Waals surface area contributed by atoms with Crippen LogP contribution < -0.4 is 0 Å². The monoisotopic (exact) mass is 248 g/mol. The van der Waals surface area contributed by atoms with E-state index < -0.39 is 0 Å². The van der Waals surface area contributed by atoms with Crippen LogP contribution in [0.25, 0.3) is 0 Å². The maximum Gasteiger partial charge on any atom is 0.128 e. The van der Waals surface area contributed by atoms with Gasteiger partial charge in [-0.1, -0.05) is 12.1 Å². The number of fused-ring (bicyclic) bond motifs is 1. The van der Waals surface area contributed by atoms with Gasteiger partial charge in [0.1, 0.15) is 5.82 Å². The molecule has 0 bridgehead atoms. The van der Waals surface area contributed by atoms with Crippen LogP contribution in [0, 0.1) is 5.82 Å². The van der Waals surface area contributed by atoms with E-state index in [1.165, 1.54) is 12.0 Å². The molecule has 0 saturated carbocycles. The Morgan fingerprint density at radius 1 is 1.28 bits per heavy atom. The lowest BCUT2D eigenvalue weighted by Crippen LogP contribution is -2.33. The summed E-state index contributed by atoms with van der Waals surface area (Å²) in [5.74, 6) is -0.0108. The van der Waals surface area contributed by atoms with Gasteiger partial charge in [-0.2, -0.15) is 0 Å². The molecule has 2 nitrogen and oxygen atoms in total. The molecule has 3 heteroatoms. The van der Waals surface area contributed by atoms with E-state index in [0.717, 1.165) is 31.5 Å². The molecule has 0 N–H and O–H groups in total. The molecular weight excluding hydrogens is 227 g/mol. The normalized spacial score (nSPS) is 28.0. The fourth-order valence-electron chi connectivity index (χ4n) is 3.45. The number of hydrogen-bond acceptors (Lipinski definition) is 2. The van der Waals surface area contributed by atoms with E-state index in [9.17, 15) is 4.39 Å². The molecule has 1 heterocycles. The maximum absolute atomic E-state index is 14.0. The van der Waals surface area contributed by atoms with Crippen molar-refractivity contribution in [3.8, 4) is 0 Å². The van der Waals surface area contributed by atoms with E-state index >= 15 is 0 Å². The van der Waals surface area contributed by atoms with E-state index in [4.69, 9.17) is 0 Å². The van der Waals surface area contributed by atoms with Gasteiger partial charge in [0.2, 0.25) is 0 Å². The highest BCUT2D eigenvalue weighted by Gasteiger charge is 2.35. The van der Waals surface area contributed by atoms with Crippen LogP contribution in [0.15, 0.2) is 18.2 Å². The molecule has 2 atom stereocenters. The molecule has 1 saturated heterocycles. The molecule has 0 aromatic heterocycles. The molecule has 3 rings (SSSR count). The van der Waals surface area contributed by atoms with Crippen molar-refractivity contribution in [1.29, 1.82) is 0 Å². The molecule has 0 radical (unpaired) electrons. The number of aryl methyl sites for hydroxylation is 1. The molecule has 1 fully saturated rings. The van der Waals surface area contributed by atoms with Gasteiger partial charge in [-0.05, 0) is 45.0 Å². The Hall–Kier alpha value is -0.930. The predicted octanol–water partition coefficient (Wildman–Crippen LogP) is 2.45. The smallest absolute Gasteiger partial charge is 0.128 e. The zero-order chi connectivity index (χ0) is 12.7. The van der Waals surface area contributed by atoms with Gasteiger partial charge in [0.15, 0.2) is 0 Å². The van der Waals surface area contributed by atoms with Gasteiger partial charge < -0.3 is 4.90 Å². The van der Waals surface area contributed by atoms with Crippen molar-refractivity contribution in [2.24, 2.45) is 0 Å². The zero-order valence-corrected chi connectivity index (χ0v) is 11.2. The van der Waals surface area contributed by atoms with Crippen LogP contribution in [-0.4, -0.2) is 43.0 Å². The van der Waals surface area contributed by atoms with Gasteiger partial charge in [0.05, 0.1) is 0 Å². The maximum atomic E-state index is 14.0. The largest absolute Gasteiger partial charge is 0.305 e. The van der Waals surface area contributed by atoms with E-state index in [2.05, 4.69) is 30.0 Å². The lowest BCUT2D eigenvalue weighted by Gasteiger charge is -2.26. The van der Waals surface area contributed by atoms with Crippen LogP contribution in [0.2, 0.25) is 0 Å². The van der Waals surface area contributed by atoms with Crippen molar-refractivity contribution < 1.29 is 4.39 Å². The number of nitrogens with zero attached hydrogens (tertiary/aromatic N) is 2. The van der Waals surface area contributed by atoms with Crippen LogP contribution in [0.4, 0.5) is 4.39 Å². The van der Waals surface area contributed by atoms with E-state index in [-0.39, 0.29) is 5.82 Å². The van der Waals surface area contributed by atoms with E-state index in [0.29, 0.717) is 12.1 Å². The summed E-state index contributed by atoms with van der Waals surface area (Å²) >= 11 is 0. The zero-order valence-electron chi connectivity index (χ0n) is 11.2. The Bertz CT molecular complexity index is 444. The Labute approximate surface area is 108 Å². The summed E-state index contributed by atoms with van der Waals surface area (Å²) in [4.78, 5) is 4.76. The molecule has 98 valence electrons. The molecule has 1 aliphatic heterocycles. The number of halogens is 1. The molecule has 2 aliphatic rings. The first-order valence-corrected chi connectivity index (χ1v) is 6.84. The summed E-state index contributed by atoms with van der Waals surface area (Å²) in [5, 5.41) is 0. The molecule has 1 aromatic rings. The highest BCUT2D eigenvalue weighted by molar-refractivity contribution is 5.36. The van der Waals surface area contributed by atoms with Crippen LogP contribution in [0.3, 0.4) is 0 Å². The highest BCUT2D eigenvalue weighted by atomic mass is 19.1. The third-order valence-corrected chi connectivity index (χ3v) is 4.53. The summed E-state index contributed by atoms with van der Waals surface area (Å²) in [6.45, 7) is 2.17. The summed E-state index contributed by atoms with van der Waals surface area (Å²) in [7, 11) is 4.27. The van der Waals surface area contributed by atoms with Crippen molar-refractivity contribution >= 4 is 0 Å². The number of rotatable bonds is 2. The predicted molar refractivity (Wildman–Crippen MR) is 71.1 cm³/mol. The van der Waals surface area contributed by atoms with E-state index in [1.54, 1.807) is 6.07 Å². The Balaban J connectivity index is 1.81. The standard InChI is InChI=1S/C15H21FN2/c1-17(2)12-8-9-18(10-12)14-7-6-11-4-3-5-13(16)15(11)14/h3-5,12,14H,6-10H2,1-2H3. The third-order valence-electron chi connectivity index (χ3n) is 4.53. The highest BCUT2D eigenvalue weighted by Crippen LogP contribution is 2.39. The molecule has 0 amide bonds. The quantitative estimate of drug-likeness (QED) is 0.793. The first kappa shape index (κ1) is 12.1. The molecule has 2 unspecified atom stereocenters. The summed E-state index contributed by atoms with van der Waals surface area (Å²) in [6, 6.07) is 6.46. The van der Waals surface area contributed by atoms with Crippen molar-refractivity contribution in [3.05, 3.63) is 35.1 Å². The Kier molecular flexibility index (Phi) is 3.12. The minimum atomic E-state index is -0.0108. The average Bonchev–Trinajstić information content (AvgIpc) is 2.94. The summed E-state index contributed by atoms with van der Waals surface area (Å²) in [5.41, 5.74) is 2.19. The first-order valence-electron chi connectivity index (χ1n) is 6.84. The first-order chi connectivity index (χ1) is 8.66. The fraction of sp³-hybridized carbons (Fsp3) is 0.600. The molecular formula is C15H21FN2. The fourth-order valence-corrected chi connectivity index (χ4v) is 3.45. The second-order valence-corrected chi connectivity index (χ2v) is 5.77. The number of likely N-dealkylation sites (tertiary alicyclic amines) is 1. The second kappa shape index (κ2) is 4.63. The third kappa shape index (κ3) is 1.95. The van der Waals surface area contributed by atoms with Gasteiger partial charge in [-0.3, -0.25) is 4.90 Å². The Morgan fingerprint density at radius 3 is 2.83 bits per heavy atom.